The normalized spacial score (nSPS) is 16.2. The second kappa shape index (κ2) is 13.7. The Morgan fingerprint density at radius 1 is 1.44 bits per heavy atom. The molecule has 1 aromatic carbocycles. The van der Waals surface area contributed by atoms with Crippen molar-refractivity contribution in [2.24, 2.45) is 9.98 Å². The Balaban J connectivity index is 0. The summed E-state index contributed by atoms with van der Waals surface area (Å²) < 4.78 is 0. The number of aliphatic imine (C=N–C) groups is 2. The summed E-state index contributed by atoms with van der Waals surface area (Å²) in [5.41, 5.74) is 1.71. The summed E-state index contributed by atoms with van der Waals surface area (Å²) >= 11 is 6.09. The number of hydrogen-bond acceptors (Lipinski definition) is 3. The molecular formula is C19H20ClLi2N3-4. The van der Waals surface area contributed by atoms with Crippen molar-refractivity contribution in [1.29, 1.82) is 0 Å². The standard InChI is InChI=1S/C19H19ClN3.2Li.H/c1-3-21-12-6-7-16(2)23-13-10-18(11-14-23)22-15-17-8-4-5-9-19(17)20;;;/h1,3-5,8-9,16H,2,6-7,10,13-14H2;;;/q-5;2*+1;-1. The van der Waals surface area contributed by atoms with Crippen molar-refractivity contribution >= 4 is 24.0 Å². The summed E-state index contributed by atoms with van der Waals surface area (Å²) in [6, 6.07) is 7.74. The molecule has 3 nitrogen and oxygen atoms in total. The maximum absolute atomic E-state index is 6.09. The first kappa shape index (κ1) is 24.5. The van der Waals surface area contributed by atoms with Gasteiger partial charge in [0.05, 0.1) is 0 Å². The van der Waals surface area contributed by atoms with E-state index in [1.165, 1.54) is 6.20 Å². The Kier molecular flexibility index (Phi) is 13.4. The third kappa shape index (κ3) is 8.61. The van der Waals surface area contributed by atoms with E-state index in [2.05, 4.69) is 40.3 Å². The van der Waals surface area contributed by atoms with Crippen LogP contribution in [-0.2, 0) is 0 Å². The van der Waals surface area contributed by atoms with Crippen LogP contribution in [0, 0.1) is 19.6 Å². The summed E-state index contributed by atoms with van der Waals surface area (Å²) in [6.07, 6.45) is 12.9. The second-order valence-electron chi connectivity index (χ2n) is 5.18. The molecule has 0 bridgehead atoms. The predicted octanol–water partition coefficient (Wildman–Crippen LogP) is -1.97. The van der Waals surface area contributed by atoms with Crippen molar-refractivity contribution in [3.8, 4) is 0 Å². The van der Waals surface area contributed by atoms with Gasteiger partial charge in [-0.15, -0.1) is 41.9 Å². The maximum Gasteiger partial charge on any atom is 1.00 e. The summed E-state index contributed by atoms with van der Waals surface area (Å²) in [4.78, 5) is 10.4. The molecular weight excluding hydrogens is 320 g/mol. The van der Waals surface area contributed by atoms with E-state index >= 15 is 0 Å². The van der Waals surface area contributed by atoms with E-state index in [1.54, 1.807) is 0 Å². The molecule has 25 heavy (non-hydrogen) atoms. The van der Waals surface area contributed by atoms with Crippen LogP contribution in [0.5, 0.6) is 0 Å². The van der Waals surface area contributed by atoms with Crippen molar-refractivity contribution < 1.29 is 39.1 Å². The van der Waals surface area contributed by atoms with E-state index < -0.39 is 0 Å². The molecule has 6 heteroatoms. The van der Waals surface area contributed by atoms with Crippen molar-refractivity contribution in [1.82, 2.24) is 4.90 Å². The van der Waals surface area contributed by atoms with Gasteiger partial charge in [-0.1, -0.05) is 31.4 Å². The van der Waals surface area contributed by atoms with Crippen molar-refractivity contribution in [3.05, 3.63) is 66.3 Å². The maximum atomic E-state index is 6.09. The molecule has 124 valence electrons. The molecule has 0 amide bonds. The molecule has 0 saturated heterocycles. The predicted molar refractivity (Wildman–Crippen MR) is 96.7 cm³/mol. The van der Waals surface area contributed by atoms with Crippen LogP contribution in [0.4, 0.5) is 0 Å². The van der Waals surface area contributed by atoms with E-state index in [9.17, 15) is 0 Å². The minimum absolute atomic E-state index is 0. The average molecular weight is 340 g/mol. The molecule has 1 unspecified atom stereocenters. The minimum atomic E-state index is 0. The number of nitrogens with zero attached hydrogens (tertiary/aromatic N) is 3. The molecule has 1 aliphatic rings. The van der Waals surface area contributed by atoms with Crippen LogP contribution in [0.25, 0.3) is 0 Å². The summed E-state index contributed by atoms with van der Waals surface area (Å²) in [6.45, 7) is 11.0. The van der Waals surface area contributed by atoms with Gasteiger partial charge in [-0.05, 0) is 17.8 Å². The molecule has 1 aliphatic heterocycles. The van der Waals surface area contributed by atoms with Crippen molar-refractivity contribution in [2.45, 2.75) is 25.3 Å². The first-order valence-corrected chi connectivity index (χ1v) is 7.92. The molecule has 0 N–H and O–H groups in total. The van der Waals surface area contributed by atoms with Gasteiger partial charge >= 0.3 is 37.7 Å². The summed E-state index contributed by atoms with van der Waals surface area (Å²) in [5, 5.41) is 0.653. The van der Waals surface area contributed by atoms with Crippen molar-refractivity contribution in [2.75, 3.05) is 13.1 Å². The summed E-state index contributed by atoms with van der Waals surface area (Å²) in [7, 11) is 0. The van der Waals surface area contributed by atoms with Crippen LogP contribution >= 0.6 is 11.6 Å². The zero-order valence-corrected chi connectivity index (χ0v) is 15.8. The first-order valence-electron chi connectivity index (χ1n) is 7.55. The number of benzene rings is 1. The summed E-state index contributed by atoms with van der Waals surface area (Å²) in [5.74, 6) is 0. The Bertz CT molecular complexity index is 621. The molecule has 0 radical (unpaired) electrons. The van der Waals surface area contributed by atoms with Gasteiger partial charge in [-0.3, -0.25) is 0 Å². The van der Waals surface area contributed by atoms with Crippen molar-refractivity contribution in [3.63, 3.8) is 0 Å². The number of hydrogen-bond donors (Lipinski definition) is 0. The largest absolute Gasteiger partial charge is 1.00 e. The molecule has 1 atom stereocenters. The Morgan fingerprint density at radius 3 is 2.84 bits per heavy atom. The topological polar surface area (TPSA) is 28.0 Å². The van der Waals surface area contributed by atoms with Gasteiger partial charge in [0.1, 0.15) is 0 Å². The quantitative estimate of drug-likeness (QED) is 0.322. The first-order chi connectivity index (χ1) is 11.2. The molecule has 0 aliphatic carbocycles. The van der Waals surface area contributed by atoms with Gasteiger partial charge in [0, 0.05) is 0 Å². The Labute approximate surface area is 182 Å². The fraction of sp³-hybridized carbons (Fsp3) is 0.316. The molecule has 1 aromatic rings. The Morgan fingerprint density at radius 2 is 2.20 bits per heavy atom. The van der Waals surface area contributed by atoms with Gasteiger partial charge in [-0.25, -0.2) is 5.70 Å². The van der Waals surface area contributed by atoms with E-state index in [4.69, 9.17) is 18.2 Å². The van der Waals surface area contributed by atoms with Crippen LogP contribution < -0.4 is 37.7 Å². The third-order valence-electron chi connectivity index (χ3n) is 3.58. The van der Waals surface area contributed by atoms with Crippen LogP contribution in [-0.4, -0.2) is 36.5 Å². The van der Waals surface area contributed by atoms with Gasteiger partial charge in [0.2, 0.25) is 0 Å². The van der Waals surface area contributed by atoms with E-state index in [-0.39, 0.29) is 45.2 Å². The van der Waals surface area contributed by atoms with Gasteiger partial charge in [0.25, 0.3) is 0 Å². The van der Waals surface area contributed by atoms with E-state index in [0.29, 0.717) is 5.02 Å². The van der Waals surface area contributed by atoms with Gasteiger partial charge in [-0.2, -0.15) is 6.21 Å². The third-order valence-corrected chi connectivity index (χ3v) is 3.91. The average Bonchev–Trinajstić information content (AvgIpc) is 2.58. The molecule has 0 aromatic heterocycles. The number of halogens is 1. The molecule has 0 saturated carbocycles. The SMILES string of the molecule is [CH-]=CN=[C-]CCC([CH2-])N1C[C-]=C(N=[C-]c2ccccc2Cl)CC1.[H-].[Li+].[Li+]. The zero-order chi connectivity index (χ0) is 16.5. The van der Waals surface area contributed by atoms with E-state index in [1.807, 2.05) is 24.3 Å². The van der Waals surface area contributed by atoms with E-state index in [0.717, 1.165) is 43.6 Å². The zero-order valence-electron chi connectivity index (χ0n) is 16.0. The molecule has 1 heterocycles. The fourth-order valence-electron chi connectivity index (χ4n) is 2.23. The van der Waals surface area contributed by atoms with Crippen LogP contribution in [0.3, 0.4) is 0 Å². The van der Waals surface area contributed by atoms with Crippen LogP contribution in [0.1, 0.15) is 26.3 Å². The second-order valence-corrected chi connectivity index (χ2v) is 5.58. The molecule has 0 spiro atoms. The fourth-order valence-corrected chi connectivity index (χ4v) is 2.41. The molecule has 2 rings (SSSR count). The van der Waals surface area contributed by atoms with Crippen LogP contribution in [0.15, 0.2) is 46.1 Å². The van der Waals surface area contributed by atoms with Gasteiger partial charge in [0.15, 0.2) is 0 Å². The van der Waals surface area contributed by atoms with Gasteiger partial charge < -0.3 is 42.1 Å². The monoisotopic (exact) mass is 339 g/mol. The Hall–Kier alpha value is -0.515. The number of rotatable bonds is 7. The molecule has 0 fully saturated rings. The minimum Gasteiger partial charge on any atom is -1.00 e. The smallest absolute Gasteiger partial charge is 1.00 e. The van der Waals surface area contributed by atoms with Crippen LogP contribution in [0.2, 0.25) is 5.02 Å².